The number of benzene rings is 4. The van der Waals surface area contributed by atoms with E-state index in [2.05, 4.69) is 34.8 Å². The van der Waals surface area contributed by atoms with Crippen LogP contribution in [0.4, 0.5) is 0 Å². The van der Waals surface area contributed by atoms with E-state index in [4.69, 9.17) is 9.47 Å². The van der Waals surface area contributed by atoms with Gasteiger partial charge in [-0.25, -0.2) is 5.43 Å². The number of para-hydroxylation sites is 1. The van der Waals surface area contributed by atoms with E-state index in [1.807, 2.05) is 49.4 Å². The topological polar surface area (TPSA) is 59.9 Å². The Hall–Kier alpha value is -4.12. The number of hydrogen-bond donors (Lipinski definition) is 1. The maximum absolute atomic E-state index is 12.3. The molecule has 0 saturated carbocycles. The van der Waals surface area contributed by atoms with Gasteiger partial charge in [0.2, 0.25) is 0 Å². The fourth-order valence-corrected chi connectivity index (χ4v) is 3.39. The highest BCUT2D eigenvalue weighted by atomic mass is 16.5. The number of carbonyl (C=O) groups is 1. The molecule has 0 bridgehead atoms. The van der Waals surface area contributed by atoms with Crippen LogP contribution in [-0.4, -0.2) is 18.7 Å². The zero-order valence-corrected chi connectivity index (χ0v) is 17.8. The van der Waals surface area contributed by atoms with Gasteiger partial charge in [-0.05, 0) is 59.7 Å². The van der Waals surface area contributed by atoms with Gasteiger partial charge in [0.1, 0.15) is 18.1 Å². The van der Waals surface area contributed by atoms with Gasteiger partial charge in [-0.15, -0.1) is 0 Å². The molecule has 0 atom stereocenters. The second kappa shape index (κ2) is 10.3. The van der Waals surface area contributed by atoms with E-state index < -0.39 is 0 Å². The maximum atomic E-state index is 12.3. The molecule has 160 valence electrons. The molecule has 1 N–H and O–H groups in total. The molecule has 0 heterocycles. The van der Waals surface area contributed by atoms with Crippen LogP contribution >= 0.6 is 0 Å². The minimum absolute atomic E-state index is 0.293. The van der Waals surface area contributed by atoms with Crippen molar-refractivity contribution in [2.45, 2.75) is 13.5 Å². The molecule has 0 unspecified atom stereocenters. The SMILES string of the molecule is CCOc1ccc(C(=O)N/N=C\c2ccccc2OCc2cccc3ccccc23)cc1. The number of ether oxygens (including phenoxy) is 2. The van der Waals surface area contributed by atoms with Gasteiger partial charge in [0, 0.05) is 11.1 Å². The van der Waals surface area contributed by atoms with E-state index in [1.54, 1.807) is 30.5 Å². The molecule has 0 spiro atoms. The van der Waals surface area contributed by atoms with Crippen molar-refractivity contribution in [3.8, 4) is 11.5 Å². The lowest BCUT2D eigenvalue weighted by molar-refractivity contribution is 0.0955. The van der Waals surface area contributed by atoms with Gasteiger partial charge in [-0.2, -0.15) is 5.10 Å². The molecule has 5 heteroatoms. The van der Waals surface area contributed by atoms with Crippen molar-refractivity contribution in [3.63, 3.8) is 0 Å². The van der Waals surface area contributed by atoms with Gasteiger partial charge < -0.3 is 9.47 Å². The van der Waals surface area contributed by atoms with Crippen molar-refractivity contribution in [2.75, 3.05) is 6.61 Å². The molecule has 4 aromatic rings. The average Bonchev–Trinajstić information content (AvgIpc) is 2.84. The number of carbonyl (C=O) groups excluding carboxylic acids is 1. The first-order valence-corrected chi connectivity index (χ1v) is 10.5. The molecule has 0 fully saturated rings. The molecule has 4 rings (SSSR count). The average molecular weight is 425 g/mol. The summed E-state index contributed by atoms with van der Waals surface area (Å²) in [5, 5.41) is 6.46. The molecule has 0 aliphatic heterocycles. The van der Waals surface area contributed by atoms with Crippen molar-refractivity contribution in [3.05, 3.63) is 108 Å². The Morgan fingerprint density at radius 3 is 2.47 bits per heavy atom. The molecular formula is C27H24N2O3. The van der Waals surface area contributed by atoms with Gasteiger partial charge in [-0.3, -0.25) is 4.79 Å². The quantitative estimate of drug-likeness (QED) is 0.297. The Morgan fingerprint density at radius 1 is 0.875 bits per heavy atom. The van der Waals surface area contributed by atoms with Crippen LogP contribution in [0.3, 0.4) is 0 Å². The summed E-state index contributed by atoms with van der Waals surface area (Å²) in [5.41, 5.74) is 4.95. The first-order chi connectivity index (χ1) is 15.7. The van der Waals surface area contributed by atoms with E-state index in [0.717, 1.165) is 16.9 Å². The van der Waals surface area contributed by atoms with E-state index in [1.165, 1.54) is 10.8 Å². The maximum Gasteiger partial charge on any atom is 0.271 e. The van der Waals surface area contributed by atoms with Crippen molar-refractivity contribution in [1.82, 2.24) is 5.43 Å². The third kappa shape index (κ3) is 5.13. The largest absolute Gasteiger partial charge is 0.494 e. The van der Waals surface area contributed by atoms with Crippen LogP contribution in [0, 0.1) is 0 Å². The summed E-state index contributed by atoms with van der Waals surface area (Å²) >= 11 is 0. The van der Waals surface area contributed by atoms with Crippen LogP contribution in [-0.2, 0) is 6.61 Å². The fourth-order valence-electron chi connectivity index (χ4n) is 3.39. The summed E-state index contributed by atoms with van der Waals surface area (Å²) in [6.45, 7) is 2.93. The van der Waals surface area contributed by atoms with Crippen LogP contribution in [0.1, 0.15) is 28.4 Å². The Balaban J connectivity index is 1.41. The molecular weight excluding hydrogens is 400 g/mol. The highest BCUT2D eigenvalue weighted by Gasteiger charge is 2.06. The summed E-state index contributed by atoms with van der Waals surface area (Å²) in [6, 6.07) is 29.0. The third-order valence-electron chi connectivity index (χ3n) is 4.98. The second-order valence-corrected chi connectivity index (χ2v) is 7.12. The zero-order chi connectivity index (χ0) is 22.2. The molecule has 0 aliphatic rings. The number of fused-ring (bicyclic) bond motifs is 1. The number of rotatable bonds is 8. The van der Waals surface area contributed by atoms with Crippen LogP contribution in [0.2, 0.25) is 0 Å². The van der Waals surface area contributed by atoms with E-state index in [9.17, 15) is 4.79 Å². The second-order valence-electron chi connectivity index (χ2n) is 7.12. The number of hydrazone groups is 1. The van der Waals surface area contributed by atoms with E-state index >= 15 is 0 Å². The highest BCUT2D eigenvalue weighted by molar-refractivity contribution is 5.95. The number of nitrogens with zero attached hydrogens (tertiary/aromatic N) is 1. The summed E-state index contributed by atoms with van der Waals surface area (Å²) in [4.78, 5) is 12.3. The molecule has 0 aliphatic carbocycles. The number of nitrogens with one attached hydrogen (secondary N) is 1. The molecule has 4 aromatic carbocycles. The summed E-state index contributed by atoms with van der Waals surface area (Å²) in [5.74, 6) is 1.13. The van der Waals surface area contributed by atoms with Crippen molar-refractivity contribution in [1.29, 1.82) is 0 Å². The Morgan fingerprint density at radius 2 is 1.62 bits per heavy atom. The minimum Gasteiger partial charge on any atom is -0.494 e. The lowest BCUT2D eigenvalue weighted by atomic mass is 10.1. The van der Waals surface area contributed by atoms with Crippen molar-refractivity contribution >= 4 is 22.9 Å². The summed E-state index contributed by atoms with van der Waals surface area (Å²) < 4.78 is 11.5. The van der Waals surface area contributed by atoms with Crippen LogP contribution in [0.25, 0.3) is 10.8 Å². The summed E-state index contributed by atoms with van der Waals surface area (Å²) in [7, 11) is 0. The third-order valence-corrected chi connectivity index (χ3v) is 4.98. The molecule has 5 nitrogen and oxygen atoms in total. The van der Waals surface area contributed by atoms with Crippen molar-refractivity contribution in [2.24, 2.45) is 5.10 Å². The van der Waals surface area contributed by atoms with Gasteiger partial charge in [-0.1, -0.05) is 54.6 Å². The molecule has 32 heavy (non-hydrogen) atoms. The van der Waals surface area contributed by atoms with E-state index in [-0.39, 0.29) is 5.91 Å². The molecule has 1 amide bonds. The zero-order valence-electron chi connectivity index (χ0n) is 17.8. The van der Waals surface area contributed by atoms with Crippen LogP contribution in [0.15, 0.2) is 96.1 Å². The van der Waals surface area contributed by atoms with Gasteiger partial charge in [0.25, 0.3) is 5.91 Å². The Labute approximate surface area is 187 Å². The van der Waals surface area contributed by atoms with Gasteiger partial charge >= 0.3 is 0 Å². The highest BCUT2D eigenvalue weighted by Crippen LogP contribution is 2.22. The Kier molecular flexibility index (Phi) is 6.78. The fraction of sp³-hybridized carbons (Fsp3) is 0.111. The molecule has 0 radical (unpaired) electrons. The minimum atomic E-state index is -0.293. The van der Waals surface area contributed by atoms with Gasteiger partial charge in [0.05, 0.1) is 12.8 Å². The predicted molar refractivity (Wildman–Crippen MR) is 127 cm³/mol. The lowest BCUT2D eigenvalue weighted by Crippen LogP contribution is -2.17. The van der Waals surface area contributed by atoms with Crippen molar-refractivity contribution < 1.29 is 14.3 Å². The standard InChI is InChI=1S/C27H24N2O3/c1-2-31-24-16-14-21(15-17-24)27(30)29-28-18-22-9-4-6-13-26(22)32-19-23-11-7-10-20-8-3-5-12-25(20)23/h3-18H,2,19H2,1H3,(H,29,30)/b28-18-. The smallest absolute Gasteiger partial charge is 0.271 e. The Bertz CT molecular complexity index is 1230. The monoisotopic (exact) mass is 424 g/mol. The normalized spacial score (nSPS) is 10.9. The lowest BCUT2D eigenvalue weighted by Gasteiger charge is -2.11. The first-order valence-electron chi connectivity index (χ1n) is 10.5. The van der Waals surface area contributed by atoms with E-state index in [0.29, 0.717) is 24.5 Å². The van der Waals surface area contributed by atoms with Gasteiger partial charge in [0.15, 0.2) is 0 Å². The molecule has 0 saturated heterocycles. The number of amides is 1. The van der Waals surface area contributed by atoms with Crippen LogP contribution in [0.5, 0.6) is 11.5 Å². The first kappa shape index (κ1) is 21.1. The number of hydrogen-bond acceptors (Lipinski definition) is 4. The molecule has 0 aromatic heterocycles. The van der Waals surface area contributed by atoms with Crippen LogP contribution < -0.4 is 14.9 Å². The predicted octanol–water partition coefficient (Wildman–Crippen LogP) is 5.58. The summed E-state index contributed by atoms with van der Waals surface area (Å²) in [6.07, 6.45) is 1.59.